The number of aromatic nitrogens is 4. The van der Waals surface area contributed by atoms with Crippen LogP contribution in [0.3, 0.4) is 0 Å². The molecule has 0 saturated heterocycles. The number of H-pyrrole nitrogens is 1. The standard InChI is InChI=1S/C26H33BrN8O4/c1-5-15(2)9-20(25(37)29-14-16-7-6-8-17(10-16)24-32-34-35-33-24)30-26(28)31-23(36)12-18-11-21(38-3)22(39-4)13-19(18)27/h6-8,10-11,13,15,20H,5,9,12,14H2,1-4H3,(H,29,37)(H3,28,30,31,36)(H,32,33,34,35)/t15?,20-/m1/s1. The monoisotopic (exact) mass is 600 g/mol. The van der Waals surface area contributed by atoms with E-state index in [0.29, 0.717) is 33.8 Å². The maximum Gasteiger partial charge on any atom is 0.245 e. The van der Waals surface area contributed by atoms with Gasteiger partial charge in [0.1, 0.15) is 6.04 Å². The fourth-order valence-electron chi connectivity index (χ4n) is 3.77. The van der Waals surface area contributed by atoms with Gasteiger partial charge in [0.15, 0.2) is 17.5 Å². The first-order valence-electron chi connectivity index (χ1n) is 12.4. The number of rotatable bonds is 12. The number of aliphatic imine (C=N–C) groups is 1. The minimum atomic E-state index is -0.770. The smallest absolute Gasteiger partial charge is 0.245 e. The Labute approximate surface area is 235 Å². The van der Waals surface area contributed by atoms with Gasteiger partial charge in [0.05, 0.1) is 20.6 Å². The van der Waals surface area contributed by atoms with E-state index in [0.717, 1.165) is 17.5 Å². The molecule has 5 N–H and O–H groups in total. The molecule has 0 radical (unpaired) electrons. The van der Waals surface area contributed by atoms with Crippen LogP contribution in [0.2, 0.25) is 0 Å². The first kappa shape index (κ1) is 29.6. The van der Waals surface area contributed by atoms with Crippen LogP contribution in [0, 0.1) is 5.92 Å². The topological polar surface area (TPSA) is 170 Å². The van der Waals surface area contributed by atoms with E-state index < -0.39 is 6.04 Å². The molecule has 2 aromatic carbocycles. The van der Waals surface area contributed by atoms with Crippen LogP contribution in [-0.4, -0.2) is 58.7 Å². The zero-order valence-electron chi connectivity index (χ0n) is 22.3. The first-order chi connectivity index (χ1) is 18.7. The molecule has 0 aliphatic rings. The fraction of sp³-hybridized carbons (Fsp3) is 0.385. The van der Waals surface area contributed by atoms with Gasteiger partial charge in [-0.2, -0.15) is 5.21 Å². The molecule has 0 bridgehead atoms. The predicted molar refractivity (Wildman–Crippen MR) is 150 cm³/mol. The second-order valence-corrected chi connectivity index (χ2v) is 9.81. The molecule has 0 saturated carbocycles. The molecule has 0 aliphatic carbocycles. The molecule has 2 atom stereocenters. The molecule has 12 nitrogen and oxygen atoms in total. The SMILES string of the molecule is CCC(C)C[C@@H](N=C(N)NC(=O)Cc1cc(OC)c(OC)cc1Br)C(=O)NCc1cccc(-c2nn[nH]n2)c1. The third-order valence-electron chi connectivity index (χ3n) is 6.09. The van der Waals surface area contributed by atoms with Crippen molar-refractivity contribution in [1.29, 1.82) is 0 Å². The Balaban J connectivity index is 1.67. The van der Waals surface area contributed by atoms with E-state index in [-0.39, 0.29) is 36.7 Å². The van der Waals surface area contributed by atoms with Crippen molar-refractivity contribution < 1.29 is 19.1 Å². The zero-order valence-corrected chi connectivity index (χ0v) is 23.9. The number of carbonyl (C=O) groups excluding carboxylic acids is 2. The van der Waals surface area contributed by atoms with Gasteiger partial charge in [-0.15, -0.1) is 10.2 Å². The molecule has 13 heteroatoms. The lowest BCUT2D eigenvalue weighted by Gasteiger charge is -2.18. The number of hydrogen-bond donors (Lipinski definition) is 4. The van der Waals surface area contributed by atoms with Crippen molar-refractivity contribution in [3.8, 4) is 22.9 Å². The lowest BCUT2D eigenvalue weighted by atomic mass is 9.99. The van der Waals surface area contributed by atoms with Crippen LogP contribution in [0.25, 0.3) is 11.4 Å². The second kappa shape index (κ2) is 14.2. The van der Waals surface area contributed by atoms with E-state index in [9.17, 15) is 9.59 Å². The summed E-state index contributed by atoms with van der Waals surface area (Å²) < 4.78 is 11.3. The quantitative estimate of drug-likeness (QED) is 0.181. The highest BCUT2D eigenvalue weighted by Gasteiger charge is 2.21. The van der Waals surface area contributed by atoms with Crippen molar-refractivity contribution in [2.45, 2.75) is 45.7 Å². The summed E-state index contributed by atoms with van der Waals surface area (Å²) in [6.07, 6.45) is 1.35. The maximum absolute atomic E-state index is 13.1. The molecule has 2 amide bonds. The second-order valence-electron chi connectivity index (χ2n) is 8.96. The molecule has 3 rings (SSSR count). The van der Waals surface area contributed by atoms with E-state index in [1.807, 2.05) is 38.1 Å². The van der Waals surface area contributed by atoms with Gasteiger partial charge >= 0.3 is 0 Å². The number of carbonyl (C=O) groups is 2. The number of methoxy groups -OCH3 is 2. The van der Waals surface area contributed by atoms with Crippen LogP contribution in [0.5, 0.6) is 11.5 Å². The minimum Gasteiger partial charge on any atom is -0.493 e. The van der Waals surface area contributed by atoms with Gasteiger partial charge in [-0.05, 0) is 46.9 Å². The van der Waals surface area contributed by atoms with Crippen molar-refractivity contribution in [3.63, 3.8) is 0 Å². The third-order valence-corrected chi connectivity index (χ3v) is 6.83. The van der Waals surface area contributed by atoms with Crippen LogP contribution in [-0.2, 0) is 22.6 Å². The summed E-state index contributed by atoms with van der Waals surface area (Å²) in [7, 11) is 3.06. The predicted octanol–water partition coefficient (Wildman–Crippen LogP) is 2.74. The van der Waals surface area contributed by atoms with E-state index in [4.69, 9.17) is 15.2 Å². The minimum absolute atomic E-state index is 0.0100. The van der Waals surface area contributed by atoms with Gasteiger partial charge < -0.3 is 20.5 Å². The van der Waals surface area contributed by atoms with Crippen molar-refractivity contribution >= 4 is 33.7 Å². The highest BCUT2D eigenvalue weighted by molar-refractivity contribution is 9.10. The first-order valence-corrected chi connectivity index (χ1v) is 13.2. The Hall–Kier alpha value is -4.00. The average Bonchev–Trinajstić information content (AvgIpc) is 3.47. The molecule has 208 valence electrons. The number of hydrogen-bond acceptors (Lipinski definition) is 8. The molecule has 3 aromatic rings. The van der Waals surface area contributed by atoms with E-state index in [1.165, 1.54) is 14.2 Å². The molecule has 0 fully saturated rings. The lowest BCUT2D eigenvalue weighted by Crippen LogP contribution is -2.41. The summed E-state index contributed by atoms with van der Waals surface area (Å²) >= 11 is 3.45. The van der Waals surface area contributed by atoms with Crippen LogP contribution >= 0.6 is 15.9 Å². The van der Waals surface area contributed by atoms with Crippen LogP contribution in [0.1, 0.15) is 37.8 Å². The summed E-state index contributed by atoms with van der Waals surface area (Å²) in [4.78, 5) is 30.2. The Morgan fingerprint density at radius 1 is 1.18 bits per heavy atom. The Bertz CT molecular complexity index is 1300. The Kier molecular flexibility index (Phi) is 10.8. The number of guanidine groups is 1. The van der Waals surface area contributed by atoms with E-state index in [1.54, 1.807) is 12.1 Å². The average molecular weight is 602 g/mol. The highest BCUT2D eigenvalue weighted by atomic mass is 79.9. The van der Waals surface area contributed by atoms with E-state index >= 15 is 0 Å². The van der Waals surface area contributed by atoms with Gasteiger partial charge in [-0.1, -0.05) is 54.4 Å². The van der Waals surface area contributed by atoms with Crippen molar-refractivity contribution in [2.24, 2.45) is 16.6 Å². The number of aromatic amines is 1. The Morgan fingerprint density at radius 2 is 1.92 bits per heavy atom. The zero-order chi connectivity index (χ0) is 28.4. The number of nitrogens with zero attached hydrogens (tertiary/aromatic N) is 4. The van der Waals surface area contributed by atoms with Gasteiger partial charge in [0.2, 0.25) is 17.6 Å². The number of amides is 2. The summed E-state index contributed by atoms with van der Waals surface area (Å²) in [5.74, 6) is 0.918. The largest absolute Gasteiger partial charge is 0.493 e. The summed E-state index contributed by atoms with van der Waals surface area (Å²) in [5, 5.41) is 19.5. The number of nitrogens with two attached hydrogens (primary N) is 1. The fourth-order valence-corrected chi connectivity index (χ4v) is 4.23. The molecule has 1 unspecified atom stereocenters. The molecule has 1 aromatic heterocycles. The van der Waals surface area contributed by atoms with E-state index in [2.05, 4.69) is 52.2 Å². The van der Waals surface area contributed by atoms with Gasteiger partial charge in [0.25, 0.3) is 0 Å². The maximum atomic E-state index is 13.1. The van der Waals surface area contributed by atoms with Crippen molar-refractivity contribution in [2.75, 3.05) is 14.2 Å². The lowest BCUT2D eigenvalue weighted by molar-refractivity contribution is -0.123. The molecular formula is C26H33BrN8O4. The van der Waals surface area contributed by atoms with Gasteiger partial charge in [-0.3, -0.25) is 14.9 Å². The Morgan fingerprint density at radius 3 is 2.59 bits per heavy atom. The summed E-state index contributed by atoms with van der Waals surface area (Å²) in [5.41, 5.74) is 8.38. The van der Waals surface area contributed by atoms with Crippen LogP contribution < -0.4 is 25.8 Å². The summed E-state index contributed by atoms with van der Waals surface area (Å²) in [6, 6.07) is 10.1. The number of tetrazole rings is 1. The summed E-state index contributed by atoms with van der Waals surface area (Å²) in [6.45, 7) is 4.35. The number of halogens is 1. The highest BCUT2D eigenvalue weighted by Crippen LogP contribution is 2.33. The molecule has 1 heterocycles. The molecule has 0 aliphatic heterocycles. The third kappa shape index (κ3) is 8.50. The molecule has 0 spiro atoms. The number of benzene rings is 2. The normalized spacial score (nSPS) is 12.9. The van der Waals surface area contributed by atoms with Gasteiger partial charge in [-0.25, -0.2) is 4.99 Å². The van der Waals surface area contributed by atoms with Crippen molar-refractivity contribution in [3.05, 3.63) is 52.0 Å². The molecule has 39 heavy (non-hydrogen) atoms. The van der Waals surface area contributed by atoms with Crippen LogP contribution in [0.4, 0.5) is 0 Å². The van der Waals surface area contributed by atoms with Crippen molar-refractivity contribution in [1.82, 2.24) is 31.3 Å². The van der Waals surface area contributed by atoms with Crippen LogP contribution in [0.15, 0.2) is 45.9 Å². The van der Waals surface area contributed by atoms with Gasteiger partial charge in [0, 0.05) is 16.6 Å². The molecular weight excluding hydrogens is 568 g/mol. The number of nitrogens with one attached hydrogen (secondary N) is 3. The number of ether oxygens (including phenoxy) is 2.